The number of methoxy groups -OCH3 is 1. The van der Waals surface area contributed by atoms with Crippen molar-refractivity contribution in [3.8, 4) is 17.2 Å². The zero-order valence-electron chi connectivity index (χ0n) is 21.3. The topological polar surface area (TPSA) is 104 Å². The molecule has 0 radical (unpaired) electrons. The Bertz CT molecular complexity index is 1570. The molecule has 1 N–H and O–H groups in total. The zero-order valence-corrected chi connectivity index (χ0v) is 22.1. The van der Waals surface area contributed by atoms with Crippen LogP contribution in [0, 0.1) is 12.8 Å². The Morgan fingerprint density at radius 2 is 1.89 bits per heavy atom. The second-order valence-corrected chi connectivity index (χ2v) is 10.5. The molecule has 2 aromatic carbocycles. The largest absolute Gasteiger partial charge is 0.484 e. The second kappa shape index (κ2) is 10.7. The third-order valence-corrected chi connectivity index (χ3v) is 7.66. The van der Waals surface area contributed by atoms with E-state index in [2.05, 4.69) is 12.2 Å². The van der Waals surface area contributed by atoms with Crippen molar-refractivity contribution >= 4 is 39.2 Å². The molecule has 1 atom stereocenters. The molecule has 1 amide bonds. The fourth-order valence-electron chi connectivity index (χ4n) is 4.45. The van der Waals surface area contributed by atoms with Crippen molar-refractivity contribution in [1.82, 2.24) is 0 Å². The van der Waals surface area contributed by atoms with E-state index in [4.69, 9.17) is 18.6 Å². The number of esters is 1. The van der Waals surface area contributed by atoms with Gasteiger partial charge in [-0.3, -0.25) is 9.59 Å². The normalized spacial score (nSPS) is 14.6. The number of rotatable bonds is 7. The summed E-state index contributed by atoms with van der Waals surface area (Å²) >= 11 is 1.42. The summed E-state index contributed by atoms with van der Waals surface area (Å²) in [5.74, 6) is 0.620. The summed E-state index contributed by atoms with van der Waals surface area (Å²) in [6.07, 6.45) is 3.90. The highest BCUT2D eigenvalue weighted by Gasteiger charge is 2.29. The number of amides is 1. The minimum Gasteiger partial charge on any atom is -0.484 e. The maximum Gasteiger partial charge on any atom is 0.341 e. The number of carbonyl (C=O) groups excluding carboxylic acids is 2. The van der Waals surface area contributed by atoms with Gasteiger partial charge in [-0.05, 0) is 61.9 Å². The first-order chi connectivity index (χ1) is 18.3. The first-order valence-electron chi connectivity index (χ1n) is 12.3. The van der Waals surface area contributed by atoms with Gasteiger partial charge in [0.1, 0.15) is 28.3 Å². The van der Waals surface area contributed by atoms with Crippen LogP contribution in [0.4, 0.5) is 5.00 Å². The molecule has 2 heterocycles. The van der Waals surface area contributed by atoms with Crippen LogP contribution in [0.3, 0.4) is 0 Å². The molecule has 4 aromatic rings. The smallest absolute Gasteiger partial charge is 0.341 e. The second-order valence-electron chi connectivity index (χ2n) is 9.39. The molecule has 0 aliphatic heterocycles. The van der Waals surface area contributed by atoms with Crippen molar-refractivity contribution in [3.05, 3.63) is 80.5 Å². The lowest BCUT2D eigenvalue weighted by Crippen LogP contribution is -2.21. The molecule has 2 aromatic heterocycles. The van der Waals surface area contributed by atoms with E-state index in [0.29, 0.717) is 39.0 Å². The summed E-state index contributed by atoms with van der Waals surface area (Å²) in [5, 5.41) is 3.62. The lowest BCUT2D eigenvalue weighted by atomic mass is 9.88. The van der Waals surface area contributed by atoms with Crippen LogP contribution in [0.25, 0.3) is 11.0 Å². The number of hydrogen-bond acceptors (Lipinski definition) is 8. The van der Waals surface area contributed by atoms with Crippen LogP contribution >= 0.6 is 11.3 Å². The molecule has 0 fully saturated rings. The van der Waals surface area contributed by atoms with E-state index in [1.165, 1.54) is 24.7 Å². The predicted octanol–water partition coefficient (Wildman–Crippen LogP) is 5.88. The fourth-order valence-corrected chi connectivity index (χ4v) is 5.87. The highest BCUT2D eigenvalue weighted by Crippen LogP contribution is 2.40. The van der Waals surface area contributed by atoms with Gasteiger partial charge in [0.25, 0.3) is 5.91 Å². The highest BCUT2D eigenvalue weighted by molar-refractivity contribution is 7.17. The van der Waals surface area contributed by atoms with Crippen LogP contribution in [0.5, 0.6) is 17.2 Å². The monoisotopic (exact) mass is 533 g/mol. The Hall–Kier alpha value is -4.11. The van der Waals surface area contributed by atoms with Crippen LogP contribution in [-0.4, -0.2) is 25.6 Å². The average molecular weight is 534 g/mol. The minimum atomic E-state index is -0.455. The van der Waals surface area contributed by atoms with E-state index in [1.807, 2.05) is 19.1 Å². The molecule has 0 saturated heterocycles. The predicted molar refractivity (Wildman–Crippen MR) is 145 cm³/mol. The Morgan fingerprint density at radius 3 is 2.66 bits per heavy atom. The van der Waals surface area contributed by atoms with Gasteiger partial charge in [-0.1, -0.05) is 24.6 Å². The van der Waals surface area contributed by atoms with Crippen LogP contribution < -0.4 is 20.2 Å². The van der Waals surface area contributed by atoms with Crippen molar-refractivity contribution in [2.75, 3.05) is 19.0 Å². The lowest BCUT2D eigenvalue weighted by molar-refractivity contribution is -0.118. The Labute approximate surface area is 223 Å². The number of benzene rings is 2. The summed E-state index contributed by atoms with van der Waals surface area (Å²) < 4.78 is 21.9. The molecule has 196 valence electrons. The SMILES string of the molecule is COC(=O)c1c(NC(=O)COc2ccc3c(=O)c(Oc4ccc(C)cc4)coc3c2)sc2c1CCC(C)C2. The van der Waals surface area contributed by atoms with E-state index >= 15 is 0 Å². The van der Waals surface area contributed by atoms with Crippen molar-refractivity contribution < 1.29 is 28.2 Å². The van der Waals surface area contributed by atoms with Crippen molar-refractivity contribution in [1.29, 1.82) is 0 Å². The summed E-state index contributed by atoms with van der Waals surface area (Å²) in [6, 6.07) is 12.0. The van der Waals surface area contributed by atoms with E-state index < -0.39 is 11.9 Å². The van der Waals surface area contributed by atoms with Gasteiger partial charge in [-0.2, -0.15) is 0 Å². The lowest BCUT2D eigenvalue weighted by Gasteiger charge is -2.18. The zero-order chi connectivity index (χ0) is 26.8. The number of ether oxygens (including phenoxy) is 3. The van der Waals surface area contributed by atoms with Crippen molar-refractivity contribution in [2.45, 2.75) is 33.1 Å². The molecule has 1 unspecified atom stereocenters. The molecule has 1 aliphatic carbocycles. The van der Waals surface area contributed by atoms with Crippen molar-refractivity contribution in [2.24, 2.45) is 5.92 Å². The third-order valence-electron chi connectivity index (χ3n) is 6.49. The first kappa shape index (κ1) is 25.5. The molecule has 5 rings (SSSR count). The standard InChI is InChI=1S/C29H27NO7S/c1-16-4-7-18(8-5-16)37-23-14-36-22-13-19(9-11-20(22)27(23)32)35-15-25(31)30-28-26(29(33)34-3)21-10-6-17(2)12-24(21)38-28/h4-5,7-9,11,13-14,17H,6,10,12,15H2,1-3H3,(H,30,31). The van der Waals surface area contributed by atoms with Gasteiger partial charge in [0.2, 0.25) is 11.2 Å². The quantitative estimate of drug-likeness (QED) is 0.296. The Balaban J connectivity index is 1.28. The number of carbonyl (C=O) groups is 2. The number of aryl methyl sites for hydroxylation is 1. The summed E-state index contributed by atoms with van der Waals surface area (Å²) in [7, 11) is 1.34. The van der Waals surface area contributed by atoms with E-state index in [9.17, 15) is 14.4 Å². The maximum absolute atomic E-state index is 12.9. The molecule has 8 nitrogen and oxygen atoms in total. The fraction of sp³-hybridized carbons (Fsp3) is 0.276. The number of nitrogens with one attached hydrogen (secondary N) is 1. The van der Waals surface area contributed by atoms with E-state index in [0.717, 1.165) is 35.3 Å². The summed E-state index contributed by atoms with van der Waals surface area (Å²) in [4.78, 5) is 39.1. The minimum absolute atomic E-state index is 0.0730. The third kappa shape index (κ3) is 5.28. The molecular weight excluding hydrogens is 506 g/mol. The Morgan fingerprint density at radius 1 is 1.13 bits per heavy atom. The van der Waals surface area contributed by atoms with Gasteiger partial charge in [0, 0.05) is 10.9 Å². The highest BCUT2D eigenvalue weighted by atomic mass is 32.1. The van der Waals surface area contributed by atoms with Crippen LogP contribution in [0.2, 0.25) is 0 Å². The van der Waals surface area contributed by atoms with Gasteiger partial charge >= 0.3 is 5.97 Å². The van der Waals surface area contributed by atoms with Gasteiger partial charge in [-0.25, -0.2) is 4.79 Å². The van der Waals surface area contributed by atoms with Gasteiger partial charge < -0.3 is 23.9 Å². The van der Waals surface area contributed by atoms with Crippen LogP contribution in [0.1, 0.15) is 39.7 Å². The van der Waals surface area contributed by atoms with Gasteiger partial charge in [0.05, 0.1) is 18.1 Å². The maximum atomic E-state index is 12.9. The van der Waals surface area contributed by atoms with Crippen LogP contribution in [0.15, 0.2) is 57.9 Å². The van der Waals surface area contributed by atoms with Crippen molar-refractivity contribution in [3.63, 3.8) is 0 Å². The number of fused-ring (bicyclic) bond motifs is 2. The molecule has 38 heavy (non-hydrogen) atoms. The molecule has 0 saturated carbocycles. The first-order valence-corrected chi connectivity index (χ1v) is 13.1. The van der Waals surface area contributed by atoms with Gasteiger partial charge in [-0.15, -0.1) is 11.3 Å². The average Bonchev–Trinajstić information content (AvgIpc) is 3.26. The summed E-state index contributed by atoms with van der Waals surface area (Å²) in [5.41, 5.74) is 2.46. The van der Waals surface area contributed by atoms with E-state index in [-0.39, 0.29) is 17.8 Å². The summed E-state index contributed by atoms with van der Waals surface area (Å²) in [6.45, 7) is 3.85. The number of thiophene rings is 1. The number of anilines is 1. The van der Waals surface area contributed by atoms with Gasteiger partial charge in [0.15, 0.2) is 6.61 Å². The molecule has 0 bridgehead atoms. The van der Waals surface area contributed by atoms with E-state index in [1.54, 1.807) is 30.3 Å². The number of hydrogen-bond donors (Lipinski definition) is 1. The Kier molecular flexibility index (Phi) is 7.20. The van der Waals surface area contributed by atoms with Crippen LogP contribution in [-0.2, 0) is 22.4 Å². The molecular formula is C29H27NO7S. The molecule has 1 aliphatic rings. The molecule has 0 spiro atoms. The molecule has 9 heteroatoms.